The first-order valence-corrected chi connectivity index (χ1v) is 6.13. The Morgan fingerprint density at radius 1 is 1.05 bits per heavy atom. The summed E-state index contributed by atoms with van der Waals surface area (Å²) in [5.74, 6) is 0.696. The Morgan fingerprint density at radius 3 is 2.79 bits per heavy atom. The molecule has 6 heteroatoms. The maximum absolute atomic E-state index is 5.92. The third-order valence-corrected chi connectivity index (χ3v) is 2.81. The quantitative estimate of drug-likeness (QED) is 0.742. The van der Waals surface area contributed by atoms with Crippen LogP contribution in [0.1, 0.15) is 5.69 Å². The maximum Gasteiger partial charge on any atom is 0.224 e. The van der Waals surface area contributed by atoms with E-state index in [0.29, 0.717) is 12.4 Å². The standard InChI is InChI=1S/C13H10ClN5/c14-13-17-11-6-2-1-5-10(11)12(18-13)15-8-9-4-3-7-16-19-9/h1-7H,8H2,(H,15,17,18). The van der Waals surface area contributed by atoms with E-state index >= 15 is 0 Å². The summed E-state index contributed by atoms with van der Waals surface area (Å²) >= 11 is 5.92. The fourth-order valence-corrected chi connectivity index (χ4v) is 1.96. The van der Waals surface area contributed by atoms with Crippen LogP contribution in [0.25, 0.3) is 10.9 Å². The Balaban J connectivity index is 1.92. The van der Waals surface area contributed by atoms with Crippen molar-refractivity contribution in [2.24, 2.45) is 0 Å². The molecule has 0 amide bonds. The van der Waals surface area contributed by atoms with Gasteiger partial charge in [-0.25, -0.2) is 9.97 Å². The average Bonchev–Trinajstić information content (AvgIpc) is 2.45. The molecule has 0 radical (unpaired) electrons. The lowest BCUT2D eigenvalue weighted by atomic mass is 10.2. The molecule has 3 aromatic rings. The minimum Gasteiger partial charge on any atom is -0.364 e. The van der Waals surface area contributed by atoms with Gasteiger partial charge in [-0.1, -0.05) is 12.1 Å². The molecule has 3 rings (SSSR count). The maximum atomic E-state index is 5.92. The van der Waals surface area contributed by atoms with Crippen molar-refractivity contribution < 1.29 is 0 Å². The number of halogens is 1. The summed E-state index contributed by atoms with van der Waals surface area (Å²) in [5, 5.41) is 12.2. The predicted octanol–water partition coefficient (Wildman–Crippen LogP) is 2.69. The van der Waals surface area contributed by atoms with E-state index < -0.39 is 0 Å². The number of hydrogen-bond acceptors (Lipinski definition) is 5. The Kier molecular flexibility index (Phi) is 3.20. The molecule has 0 fully saturated rings. The number of anilines is 1. The molecule has 2 heterocycles. The van der Waals surface area contributed by atoms with E-state index in [4.69, 9.17) is 11.6 Å². The zero-order valence-electron chi connectivity index (χ0n) is 9.92. The molecule has 19 heavy (non-hydrogen) atoms. The molecule has 0 unspecified atom stereocenters. The topological polar surface area (TPSA) is 63.6 Å². The molecule has 0 spiro atoms. The van der Waals surface area contributed by atoms with Gasteiger partial charge in [0.2, 0.25) is 5.28 Å². The molecule has 5 nitrogen and oxygen atoms in total. The van der Waals surface area contributed by atoms with Gasteiger partial charge in [0.1, 0.15) is 5.82 Å². The Labute approximate surface area is 114 Å². The summed E-state index contributed by atoms with van der Waals surface area (Å²) < 4.78 is 0. The summed E-state index contributed by atoms with van der Waals surface area (Å²) in [6, 6.07) is 11.4. The second-order valence-electron chi connectivity index (χ2n) is 3.93. The lowest BCUT2D eigenvalue weighted by Gasteiger charge is -2.08. The Hall–Kier alpha value is -2.27. The van der Waals surface area contributed by atoms with Gasteiger partial charge in [-0.05, 0) is 35.9 Å². The van der Waals surface area contributed by atoms with E-state index in [2.05, 4.69) is 25.5 Å². The smallest absolute Gasteiger partial charge is 0.224 e. The second-order valence-corrected chi connectivity index (χ2v) is 4.27. The SMILES string of the molecule is Clc1nc(NCc2cccnn2)c2ccccc2n1. The normalized spacial score (nSPS) is 10.6. The highest BCUT2D eigenvalue weighted by Crippen LogP contribution is 2.21. The van der Waals surface area contributed by atoms with Gasteiger partial charge in [0.25, 0.3) is 0 Å². The number of nitrogens with zero attached hydrogens (tertiary/aromatic N) is 4. The largest absolute Gasteiger partial charge is 0.364 e. The molecule has 94 valence electrons. The molecule has 0 aliphatic rings. The molecule has 0 bridgehead atoms. The number of para-hydroxylation sites is 1. The number of benzene rings is 1. The number of fused-ring (bicyclic) bond motifs is 1. The van der Waals surface area contributed by atoms with E-state index in [1.54, 1.807) is 6.20 Å². The van der Waals surface area contributed by atoms with E-state index in [-0.39, 0.29) is 5.28 Å². The predicted molar refractivity (Wildman–Crippen MR) is 73.9 cm³/mol. The van der Waals surface area contributed by atoms with Crippen LogP contribution in [0, 0.1) is 0 Å². The van der Waals surface area contributed by atoms with E-state index in [9.17, 15) is 0 Å². The Bertz CT molecular complexity index is 702. The molecule has 0 saturated carbocycles. The molecule has 0 aliphatic carbocycles. The highest BCUT2D eigenvalue weighted by molar-refractivity contribution is 6.28. The third kappa shape index (κ3) is 2.61. The van der Waals surface area contributed by atoms with Gasteiger partial charge in [0.15, 0.2) is 0 Å². The van der Waals surface area contributed by atoms with Crippen LogP contribution in [0.4, 0.5) is 5.82 Å². The van der Waals surface area contributed by atoms with E-state index in [1.165, 1.54) is 0 Å². The van der Waals surface area contributed by atoms with Gasteiger partial charge >= 0.3 is 0 Å². The van der Waals surface area contributed by atoms with Crippen molar-refractivity contribution in [3.05, 3.63) is 53.6 Å². The molecule has 1 aromatic carbocycles. The number of nitrogens with one attached hydrogen (secondary N) is 1. The molecule has 1 N–H and O–H groups in total. The first-order valence-electron chi connectivity index (χ1n) is 5.76. The van der Waals surface area contributed by atoms with Crippen LogP contribution in [0.5, 0.6) is 0 Å². The number of aromatic nitrogens is 4. The van der Waals surface area contributed by atoms with Crippen molar-refractivity contribution in [1.82, 2.24) is 20.2 Å². The number of hydrogen-bond donors (Lipinski definition) is 1. The van der Waals surface area contributed by atoms with Gasteiger partial charge < -0.3 is 5.32 Å². The lowest BCUT2D eigenvalue weighted by Crippen LogP contribution is -2.05. The van der Waals surface area contributed by atoms with Crippen molar-refractivity contribution in [3.8, 4) is 0 Å². The lowest BCUT2D eigenvalue weighted by molar-refractivity contribution is 0.921. The zero-order valence-corrected chi connectivity index (χ0v) is 10.7. The average molecular weight is 272 g/mol. The Morgan fingerprint density at radius 2 is 1.95 bits per heavy atom. The van der Waals surface area contributed by atoms with Crippen LogP contribution in [0.15, 0.2) is 42.6 Å². The van der Waals surface area contributed by atoms with Crippen molar-refractivity contribution in [2.45, 2.75) is 6.54 Å². The van der Waals surface area contributed by atoms with Gasteiger partial charge in [-0.3, -0.25) is 0 Å². The van der Waals surface area contributed by atoms with Crippen LogP contribution < -0.4 is 5.32 Å². The number of rotatable bonds is 3. The van der Waals surface area contributed by atoms with Crippen LogP contribution in [0.2, 0.25) is 5.28 Å². The van der Waals surface area contributed by atoms with Crippen molar-refractivity contribution in [3.63, 3.8) is 0 Å². The summed E-state index contributed by atoms with van der Waals surface area (Å²) in [5.41, 5.74) is 1.64. The minimum atomic E-state index is 0.223. The van der Waals surface area contributed by atoms with Gasteiger partial charge in [0, 0.05) is 11.6 Å². The van der Waals surface area contributed by atoms with Gasteiger partial charge in [-0.15, -0.1) is 0 Å². The van der Waals surface area contributed by atoms with Crippen LogP contribution in [0.3, 0.4) is 0 Å². The summed E-state index contributed by atoms with van der Waals surface area (Å²) in [6.45, 7) is 0.533. The first kappa shape index (κ1) is 11.8. The third-order valence-electron chi connectivity index (χ3n) is 2.64. The summed E-state index contributed by atoms with van der Waals surface area (Å²) in [7, 11) is 0. The molecular formula is C13H10ClN5. The van der Waals surface area contributed by atoms with Gasteiger partial charge in [0.05, 0.1) is 17.8 Å². The van der Waals surface area contributed by atoms with E-state index in [1.807, 2.05) is 36.4 Å². The van der Waals surface area contributed by atoms with Crippen molar-refractivity contribution in [2.75, 3.05) is 5.32 Å². The van der Waals surface area contributed by atoms with E-state index in [0.717, 1.165) is 16.6 Å². The van der Waals surface area contributed by atoms with Crippen LogP contribution >= 0.6 is 11.6 Å². The van der Waals surface area contributed by atoms with Crippen LogP contribution in [-0.2, 0) is 6.54 Å². The molecule has 2 aromatic heterocycles. The fraction of sp³-hybridized carbons (Fsp3) is 0.0769. The minimum absolute atomic E-state index is 0.223. The zero-order chi connectivity index (χ0) is 13.1. The molecule has 0 aliphatic heterocycles. The van der Waals surface area contributed by atoms with Crippen molar-refractivity contribution >= 4 is 28.3 Å². The summed E-state index contributed by atoms with van der Waals surface area (Å²) in [6.07, 6.45) is 1.64. The van der Waals surface area contributed by atoms with Crippen LogP contribution in [-0.4, -0.2) is 20.2 Å². The first-order chi connectivity index (χ1) is 9.33. The molecule has 0 atom stereocenters. The highest BCUT2D eigenvalue weighted by Gasteiger charge is 2.06. The monoisotopic (exact) mass is 271 g/mol. The second kappa shape index (κ2) is 5.16. The van der Waals surface area contributed by atoms with Gasteiger partial charge in [-0.2, -0.15) is 10.2 Å². The highest BCUT2D eigenvalue weighted by atomic mass is 35.5. The summed E-state index contributed by atoms with van der Waals surface area (Å²) in [4.78, 5) is 8.39. The van der Waals surface area contributed by atoms with Crippen molar-refractivity contribution in [1.29, 1.82) is 0 Å². The molecular weight excluding hydrogens is 262 g/mol. The molecule has 0 saturated heterocycles. The fourth-order valence-electron chi connectivity index (χ4n) is 1.78.